The molecule has 1 N–H and O–H groups in total. The summed E-state index contributed by atoms with van der Waals surface area (Å²) in [5.74, 6) is 0.335. The molecule has 1 unspecified atom stereocenters. The first kappa shape index (κ1) is 19.3. The minimum Gasteiger partial charge on any atom is -0.445 e. The minimum atomic E-state index is -0.718. The number of amides is 1. The van der Waals surface area contributed by atoms with E-state index in [1.807, 2.05) is 35.2 Å². The molecule has 0 bridgehead atoms. The molecule has 2 aromatic heterocycles. The summed E-state index contributed by atoms with van der Waals surface area (Å²) in [6.07, 6.45) is 1.02. The maximum absolute atomic E-state index is 14.3. The van der Waals surface area contributed by atoms with Crippen molar-refractivity contribution in [3.05, 3.63) is 58.3 Å². The van der Waals surface area contributed by atoms with Crippen LogP contribution in [0.25, 0.3) is 10.9 Å². The highest BCUT2D eigenvalue weighted by molar-refractivity contribution is 6.30. The highest BCUT2D eigenvalue weighted by Gasteiger charge is 2.57. The SMILES string of the molecule is O=C(NC1[C@H]2CN(c3nc(Cl)nc4c(F)c(Cl)ncc34)C[C@@H]12)OCc1ccccc1. The second-order valence-corrected chi connectivity index (χ2v) is 8.10. The van der Waals surface area contributed by atoms with Gasteiger partial charge in [0.2, 0.25) is 5.28 Å². The number of ether oxygens (including phenoxy) is 1. The Morgan fingerprint density at radius 2 is 1.93 bits per heavy atom. The average molecular weight is 448 g/mol. The van der Waals surface area contributed by atoms with Gasteiger partial charge in [0.05, 0.1) is 5.39 Å². The molecule has 1 aliphatic carbocycles. The number of rotatable bonds is 4. The number of pyridine rings is 1. The molecule has 2 fully saturated rings. The molecule has 2 aliphatic rings. The normalized spacial score (nSPS) is 22.1. The van der Waals surface area contributed by atoms with Gasteiger partial charge < -0.3 is 15.0 Å². The van der Waals surface area contributed by atoms with Crippen LogP contribution in [0.5, 0.6) is 0 Å². The number of piperidine rings is 1. The topological polar surface area (TPSA) is 80.2 Å². The summed E-state index contributed by atoms with van der Waals surface area (Å²) in [4.78, 5) is 26.2. The third kappa shape index (κ3) is 3.50. The second-order valence-electron chi connectivity index (χ2n) is 7.41. The number of benzene rings is 1. The Morgan fingerprint density at radius 3 is 2.67 bits per heavy atom. The van der Waals surface area contributed by atoms with Crippen LogP contribution in [0.1, 0.15) is 5.56 Å². The zero-order chi connectivity index (χ0) is 20.8. The molecule has 1 saturated heterocycles. The maximum atomic E-state index is 14.3. The van der Waals surface area contributed by atoms with E-state index in [2.05, 4.69) is 20.3 Å². The van der Waals surface area contributed by atoms with E-state index in [0.29, 0.717) is 24.3 Å². The van der Waals surface area contributed by atoms with E-state index in [0.717, 1.165) is 5.56 Å². The number of nitrogens with zero attached hydrogens (tertiary/aromatic N) is 4. The molecule has 1 amide bonds. The molecule has 7 nitrogen and oxygen atoms in total. The molecule has 3 atom stereocenters. The minimum absolute atomic E-state index is 0.0461. The standard InChI is InChI=1S/C20H16Cl2FN5O2/c21-17-14(23)16-11(6-24-17)18(27-19(22)25-16)28-7-12-13(8-28)15(12)26-20(29)30-9-10-4-2-1-3-5-10/h1-6,12-13,15H,7-9H2,(H,26,29)/t12-,13+,15?. The van der Waals surface area contributed by atoms with Crippen LogP contribution in [-0.4, -0.2) is 40.2 Å². The molecule has 154 valence electrons. The van der Waals surface area contributed by atoms with Crippen molar-refractivity contribution in [1.29, 1.82) is 0 Å². The fraction of sp³-hybridized carbons (Fsp3) is 0.300. The molecule has 3 heterocycles. The molecule has 0 spiro atoms. The van der Waals surface area contributed by atoms with Crippen molar-refractivity contribution in [2.45, 2.75) is 12.6 Å². The van der Waals surface area contributed by atoms with Gasteiger partial charge in [0, 0.05) is 37.2 Å². The lowest BCUT2D eigenvalue weighted by Gasteiger charge is -2.22. The van der Waals surface area contributed by atoms with E-state index in [-0.39, 0.29) is 40.4 Å². The lowest BCUT2D eigenvalue weighted by molar-refractivity contribution is 0.138. The summed E-state index contributed by atoms with van der Waals surface area (Å²) in [6.45, 7) is 1.54. The average Bonchev–Trinajstić information content (AvgIpc) is 3.18. The number of hydrogen-bond donors (Lipinski definition) is 1. The molecule has 1 aromatic carbocycles. The summed E-state index contributed by atoms with van der Waals surface area (Å²) < 4.78 is 19.6. The van der Waals surface area contributed by atoms with E-state index in [9.17, 15) is 9.18 Å². The number of carbonyl (C=O) groups excluding carboxylic acids is 1. The fourth-order valence-corrected chi connectivity index (χ4v) is 4.35. The highest BCUT2D eigenvalue weighted by atomic mass is 35.5. The number of halogens is 3. The number of alkyl carbamates (subject to hydrolysis) is 1. The molecule has 1 saturated carbocycles. The lowest BCUT2D eigenvalue weighted by Crippen LogP contribution is -2.35. The van der Waals surface area contributed by atoms with Crippen LogP contribution in [0.2, 0.25) is 10.4 Å². The third-order valence-electron chi connectivity index (χ3n) is 5.59. The summed E-state index contributed by atoms with van der Waals surface area (Å²) in [5, 5.41) is 3.06. The molecular weight excluding hydrogens is 432 g/mol. The first-order valence-corrected chi connectivity index (χ1v) is 10.2. The summed E-state index contributed by atoms with van der Waals surface area (Å²) in [5.41, 5.74) is 0.980. The third-order valence-corrected chi connectivity index (χ3v) is 6.02. The number of nitrogens with one attached hydrogen (secondary N) is 1. The van der Waals surface area contributed by atoms with Gasteiger partial charge in [-0.3, -0.25) is 0 Å². The van der Waals surface area contributed by atoms with E-state index < -0.39 is 11.9 Å². The van der Waals surface area contributed by atoms with Gasteiger partial charge in [-0.05, 0) is 17.2 Å². The number of hydrogen-bond acceptors (Lipinski definition) is 6. The number of aromatic nitrogens is 3. The quantitative estimate of drug-likeness (QED) is 0.483. The number of carbonyl (C=O) groups is 1. The molecule has 3 aromatic rings. The molecule has 10 heteroatoms. The Hall–Kier alpha value is -2.71. The molecule has 1 aliphatic heterocycles. The van der Waals surface area contributed by atoms with Crippen molar-refractivity contribution >= 4 is 46.0 Å². The van der Waals surface area contributed by atoms with Gasteiger partial charge in [-0.25, -0.2) is 19.2 Å². The highest BCUT2D eigenvalue weighted by Crippen LogP contribution is 2.47. The molecule has 30 heavy (non-hydrogen) atoms. The summed E-state index contributed by atoms with van der Waals surface area (Å²) >= 11 is 11.8. The number of anilines is 1. The summed E-state index contributed by atoms with van der Waals surface area (Å²) in [7, 11) is 0. The van der Waals surface area contributed by atoms with E-state index in [1.165, 1.54) is 6.20 Å². The van der Waals surface area contributed by atoms with Gasteiger partial charge in [-0.15, -0.1) is 0 Å². The van der Waals surface area contributed by atoms with Crippen molar-refractivity contribution < 1.29 is 13.9 Å². The Morgan fingerprint density at radius 1 is 1.20 bits per heavy atom. The van der Waals surface area contributed by atoms with Gasteiger partial charge >= 0.3 is 6.09 Å². The van der Waals surface area contributed by atoms with Crippen LogP contribution in [0.4, 0.5) is 15.0 Å². The van der Waals surface area contributed by atoms with Crippen LogP contribution in [0, 0.1) is 17.7 Å². The van der Waals surface area contributed by atoms with Crippen molar-refractivity contribution in [2.24, 2.45) is 11.8 Å². The fourth-order valence-electron chi connectivity index (χ4n) is 4.05. The molecular formula is C20H16Cl2FN5O2. The zero-order valence-corrected chi connectivity index (χ0v) is 17.1. The van der Waals surface area contributed by atoms with Gasteiger partial charge in [0.1, 0.15) is 17.9 Å². The van der Waals surface area contributed by atoms with Gasteiger partial charge in [0.25, 0.3) is 0 Å². The van der Waals surface area contributed by atoms with Crippen molar-refractivity contribution in [2.75, 3.05) is 18.0 Å². The van der Waals surface area contributed by atoms with Gasteiger partial charge in [-0.2, -0.15) is 4.98 Å². The predicted molar refractivity (Wildman–Crippen MR) is 110 cm³/mol. The van der Waals surface area contributed by atoms with E-state index in [1.54, 1.807) is 0 Å². The largest absolute Gasteiger partial charge is 0.445 e. The first-order valence-electron chi connectivity index (χ1n) is 9.40. The van der Waals surface area contributed by atoms with Crippen molar-refractivity contribution in [1.82, 2.24) is 20.3 Å². The van der Waals surface area contributed by atoms with Crippen LogP contribution in [0.15, 0.2) is 36.5 Å². The second kappa shape index (κ2) is 7.52. The zero-order valence-electron chi connectivity index (χ0n) is 15.6. The van der Waals surface area contributed by atoms with E-state index >= 15 is 0 Å². The molecule has 0 radical (unpaired) electrons. The van der Waals surface area contributed by atoms with Crippen LogP contribution in [0.3, 0.4) is 0 Å². The Labute approximate surface area is 181 Å². The Bertz CT molecular complexity index is 1120. The van der Waals surface area contributed by atoms with E-state index in [4.69, 9.17) is 27.9 Å². The smallest absolute Gasteiger partial charge is 0.407 e. The van der Waals surface area contributed by atoms with Crippen molar-refractivity contribution in [3.63, 3.8) is 0 Å². The predicted octanol–water partition coefficient (Wildman–Crippen LogP) is 3.83. The van der Waals surface area contributed by atoms with Crippen LogP contribution in [-0.2, 0) is 11.3 Å². The summed E-state index contributed by atoms with van der Waals surface area (Å²) in [6, 6.07) is 9.56. The molecule has 5 rings (SSSR count). The van der Waals surface area contributed by atoms with Crippen LogP contribution >= 0.6 is 23.2 Å². The Kier molecular flexibility index (Phi) is 4.83. The Balaban J connectivity index is 1.23. The lowest BCUT2D eigenvalue weighted by atomic mass is 10.2. The van der Waals surface area contributed by atoms with Gasteiger partial charge in [0.15, 0.2) is 11.0 Å². The van der Waals surface area contributed by atoms with Gasteiger partial charge in [-0.1, -0.05) is 41.9 Å². The monoisotopic (exact) mass is 447 g/mol. The van der Waals surface area contributed by atoms with Crippen molar-refractivity contribution in [3.8, 4) is 0 Å². The maximum Gasteiger partial charge on any atom is 0.407 e. The first-order chi connectivity index (χ1) is 14.5. The van der Waals surface area contributed by atoms with Crippen LogP contribution < -0.4 is 10.2 Å². The number of fused-ring (bicyclic) bond motifs is 2.